The number of hydrogen-bond acceptors (Lipinski definition) is 0. The van der Waals surface area contributed by atoms with E-state index in [1.54, 1.807) is 0 Å². The van der Waals surface area contributed by atoms with Crippen LogP contribution in [0.5, 0.6) is 0 Å². The van der Waals surface area contributed by atoms with Gasteiger partial charge in [0.1, 0.15) is 18.4 Å². The maximum atomic E-state index is 2.57. The van der Waals surface area contributed by atoms with Gasteiger partial charge in [-0.25, -0.2) is 9.13 Å². The second-order valence-corrected chi connectivity index (χ2v) is 13.5. The molecule has 1 heterocycles. The maximum absolute atomic E-state index is 2.57. The molecule has 0 amide bonds. The lowest BCUT2D eigenvalue weighted by atomic mass is 9.70. The average molecular weight is 586 g/mol. The van der Waals surface area contributed by atoms with E-state index in [-0.39, 0.29) is 5.41 Å². The predicted molar refractivity (Wildman–Crippen MR) is 187 cm³/mol. The van der Waals surface area contributed by atoms with Crippen molar-refractivity contribution in [3.63, 3.8) is 0 Å². The third kappa shape index (κ3) is 13.0. The van der Waals surface area contributed by atoms with Crippen LogP contribution in [0, 0.1) is 0 Å². The Morgan fingerprint density at radius 3 is 1.65 bits per heavy atom. The van der Waals surface area contributed by atoms with Crippen molar-refractivity contribution < 1.29 is 4.57 Å². The minimum atomic E-state index is 0.0116. The summed E-state index contributed by atoms with van der Waals surface area (Å²) in [5, 5.41) is 0. The molecule has 2 nitrogen and oxygen atoms in total. The first-order valence-corrected chi connectivity index (χ1v) is 18.3. The lowest BCUT2D eigenvalue weighted by Crippen LogP contribution is -2.38. The maximum Gasteiger partial charge on any atom is 0.244 e. The number of aromatic nitrogens is 2. The largest absolute Gasteiger partial charge is 0.244 e. The summed E-state index contributed by atoms with van der Waals surface area (Å²) in [4.78, 5) is 0. The molecule has 0 aliphatic carbocycles. The van der Waals surface area contributed by atoms with E-state index in [1.807, 2.05) is 0 Å². The molecule has 2 aromatic carbocycles. The number of rotatable bonds is 25. The van der Waals surface area contributed by atoms with Crippen molar-refractivity contribution >= 4 is 0 Å². The van der Waals surface area contributed by atoms with Gasteiger partial charge in [0.05, 0.1) is 6.54 Å². The zero-order valence-corrected chi connectivity index (χ0v) is 28.3. The molecular formula is C41H65N2+. The van der Waals surface area contributed by atoms with Crippen molar-refractivity contribution in [3.8, 4) is 0 Å². The van der Waals surface area contributed by atoms with E-state index in [2.05, 4.69) is 109 Å². The molecule has 0 fully saturated rings. The molecular weight excluding hydrogens is 520 g/mol. The molecule has 0 bridgehead atoms. The molecule has 2 unspecified atom stereocenters. The molecule has 2 heteroatoms. The average Bonchev–Trinajstić information content (AvgIpc) is 3.50. The Hall–Kier alpha value is -2.35. The van der Waals surface area contributed by atoms with Crippen LogP contribution in [-0.4, -0.2) is 4.57 Å². The summed E-state index contributed by atoms with van der Waals surface area (Å²) in [7, 11) is 0. The lowest BCUT2D eigenvalue weighted by Gasteiger charge is -2.37. The number of hydrogen-bond donors (Lipinski definition) is 0. The van der Waals surface area contributed by atoms with Gasteiger partial charge < -0.3 is 0 Å². The van der Waals surface area contributed by atoms with Crippen LogP contribution in [0.4, 0.5) is 0 Å². The van der Waals surface area contributed by atoms with Crippen molar-refractivity contribution in [2.45, 2.75) is 167 Å². The van der Waals surface area contributed by atoms with Gasteiger partial charge in [-0.15, -0.1) is 0 Å². The van der Waals surface area contributed by atoms with Crippen molar-refractivity contribution in [1.29, 1.82) is 0 Å². The normalized spacial score (nSPS) is 13.7. The third-order valence-corrected chi connectivity index (χ3v) is 9.76. The Morgan fingerprint density at radius 1 is 0.605 bits per heavy atom. The van der Waals surface area contributed by atoms with E-state index in [4.69, 9.17) is 0 Å². The monoisotopic (exact) mass is 586 g/mol. The summed E-state index contributed by atoms with van der Waals surface area (Å²) in [6.07, 6.45) is 34.3. The van der Waals surface area contributed by atoms with E-state index < -0.39 is 0 Å². The van der Waals surface area contributed by atoms with Gasteiger partial charge in [0.15, 0.2) is 0 Å². The Labute approximate surface area is 266 Å². The van der Waals surface area contributed by atoms with Crippen LogP contribution < -0.4 is 4.57 Å². The van der Waals surface area contributed by atoms with E-state index in [0.29, 0.717) is 6.04 Å². The number of benzene rings is 2. The minimum absolute atomic E-state index is 0.0116. The summed E-state index contributed by atoms with van der Waals surface area (Å²) < 4.78 is 5.01. The Kier molecular flexibility index (Phi) is 17.5. The summed E-state index contributed by atoms with van der Waals surface area (Å²) >= 11 is 0. The number of aryl methyl sites for hydroxylation is 1. The molecule has 238 valence electrons. The van der Waals surface area contributed by atoms with Crippen molar-refractivity contribution in [2.75, 3.05) is 0 Å². The predicted octanol–water partition coefficient (Wildman–Crippen LogP) is 12.0. The van der Waals surface area contributed by atoms with Gasteiger partial charge >= 0.3 is 0 Å². The fourth-order valence-corrected chi connectivity index (χ4v) is 7.03. The molecule has 0 radical (unpaired) electrons. The summed E-state index contributed by atoms with van der Waals surface area (Å²) in [6, 6.07) is 22.9. The van der Waals surface area contributed by atoms with Crippen molar-refractivity contribution in [3.05, 3.63) is 90.5 Å². The van der Waals surface area contributed by atoms with Gasteiger partial charge in [-0.3, -0.25) is 0 Å². The molecule has 3 aromatic rings. The standard InChI is InChI=1S/C41H65N2/c1-4-6-8-10-11-12-13-14-15-16-17-18-26-32-40(43-35-34-42(37-43)33-27-19-9-7-5-2)41(3,39-30-24-21-25-31-39)36-38-28-22-20-23-29-38/h20-25,28-31,34-35,37,40H,4-19,26-27,32-33,36H2,1-3H3/q+1. The minimum Gasteiger partial charge on any atom is -0.237 e. The van der Waals surface area contributed by atoms with Crippen LogP contribution in [-0.2, 0) is 18.4 Å². The van der Waals surface area contributed by atoms with Crippen molar-refractivity contribution in [1.82, 2.24) is 4.57 Å². The van der Waals surface area contributed by atoms with E-state index in [9.17, 15) is 0 Å². The molecule has 43 heavy (non-hydrogen) atoms. The Morgan fingerprint density at radius 2 is 1.09 bits per heavy atom. The van der Waals surface area contributed by atoms with E-state index in [1.165, 1.54) is 133 Å². The van der Waals surface area contributed by atoms with Crippen LogP contribution in [0.25, 0.3) is 0 Å². The first-order valence-electron chi connectivity index (χ1n) is 18.3. The van der Waals surface area contributed by atoms with Crippen LogP contribution in [0.1, 0.15) is 160 Å². The molecule has 0 saturated carbocycles. The highest BCUT2D eigenvalue weighted by Crippen LogP contribution is 2.41. The van der Waals surface area contributed by atoms with Gasteiger partial charge in [0.2, 0.25) is 6.33 Å². The number of nitrogens with zero attached hydrogens (tertiary/aromatic N) is 2. The highest BCUT2D eigenvalue weighted by atomic mass is 15.1. The van der Waals surface area contributed by atoms with E-state index >= 15 is 0 Å². The van der Waals surface area contributed by atoms with Gasteiger partial charge in [0, 0.05) is 5.41 Å². The molecule has 3 rings (SSSR count). The SMILES string of the molecule is CCCCCCCCCCCCCCCC(n1cc[n+](CCCCCCC)c1)C(C)(Cc1ccccc1)c1ccccc1. The molecule has 1 aromatic heterocycles. The van der Waals surface area contributed by atoms with Gasteiger partial charge in [-0.1, -0.05) is 178 Å². The third-order valence-electron chi connectivity index (χ3n) is 9.76. The second kappa shape index (κ2) is 21.4. The molecule has 0 spiro atoms. The second-order valence-electron chi connectivity index (χ2n) is 13.5. The van der Waals surface area contributed by atoms with Gasteiger partial charge in [-0.2, -0.15) is 0 Å². The Balaban J connectivity index is 1.61. The number of imidazole rings is 1. The fourth-order valence-electron chi connectivity index (χ4n) is 7.03. The first kappa shape index (κ1) is 35.1. The van der Waals surface area contributed by atoms with Crippen molar-refractivity contribution in [2.24, 2.45) is 0 Å². The molecule has 2 atom stereocenters. The summed E-state index contributed by atoms with van der Waals surface area (Å²) in [5.41, 5.74) is 2.90. The van der Waals surface area contributed by atoms with E-state index in [0.717, 1.165) is 13.0 Å². The van der Waals surface area contributed by atoms with Gasteiger partial charge in [0.25, 0.3) is 0 Å². The molecule has 0 N–H and O–H groups in total. The van der Waals surface area contributed by atoms with Crippen LogP contribution in [0.15, 0.2) is 79.4 Å². The van der Waals surface area contributed by atoms with Crippen LogP contribution in [0.2, 0.25) is 0 Å². The fraction of sp³-hybridized carbons (Fsp3) is 0.634. The lowest BCUT2D eigenvalue weighted by molar-refractivity contribution is -0.697. The van der Waals surface area contributed by atoms with Crippen LogP contribution in [0.3, 0.4) is 0 Å². The highest BCUT2D eigenvalue weighted by Gasteiger charge is 2.40. The summed E-state index contributed by atoms with van der Waals surface area (Å²) in [5.74, 6) is 0. The first-order chi connectivity index (χ1) is 21.2. The quantitative estimate of drug-likeness (QED) is 0.0690. The number of unbranched alkanes of at least 4 members (excludes halogenated alkanes) is 16. The van der Waals surface area contributed by atoms with Gasteiger partial charge in [-0.05, 0) is 43.2 Å². The molecule has 0 aliphatic rings. The van der Waals surface area contributed by atoms with Crippen LogP contribution >= 0.6 is 0 Å². The Bertz CT molecular complexity index is 1060. The smallest absolute Gasteiger partial charge is 0.237 e. The topological polar surface area (TPSA) is 8.81 Å². The zero-order chi connectivity index (χ0) is 30.4. The molecule has 0 saturated heterocycles. The molecule has 0 aliphatic heterocycles. The zero-order valence-electron chi connectivity index (χ0n) is 28.3. The summed E-state index contributed by atoms with van der Waals surface area (Å²) in [6.45, 7) is 8.26. The highest BCUT2D eigenvalue weighted by molar-refractivity contribution is 5.30.